The van der Waals surface area contributed by atoms with Gasteiger partial charge in [-0.25, -0.2) is 4.98 Å². The van der Waals surface area contributed by atoms with Gasteiger partial charge in [-0.2, -0.15) is 4.98 Å². The lowest BCUT2D eigenvalue weighted by atomic mass is 10.0. The summed E-state index contributed by atoms with van der Waals surface area (Å²) in [5.74, 6) is 0.553. The molecule has 0 aliphatic heterocycles. The lowest BCUT2D eigenvalue weighted by Gasteiger charge is -2.03. The highest BCUT2D eigenvalue weighted by Crippen LogP contribution is 2.04. The molecule has 0 unspecified atom stereocenters. The summed E-state index contributed by atoms with van der Waals surface area (Å²) in [4.78, 5) is 7.85. The van der Waals surface area contributed by atoms with Crippen molar-refractivity contribution in [3.8, 4) is 11.9 Å². The molecule has 0 bridgehead atoms. The molecule has 1 aromatic heterocycles. The molecule has 0 N–H and O–H groups in total. The third-order valence-electron chi connectivity index (χ3n) is 1.28. The maximum absolute atomic E-state index is 4.96. The van der Waals surface area contributed by atoms with Crippen molar-refractivity contribution < 1.29 is 9.47 Å². The van der Waals surface area contributed by atoms with E-state index in [1.165, 1.54) is 7.11 Å². The standard InChI is InChI=1S/C6H9BN2O2/c1-10-5-4(7)3-8-6(9-5)11-2/h3H,7H2,1-2H3. The number of ether oxygens (including phenoxy) is 2. The van der Waals surface area contributed by atoms with Gasteiger partial charge < -0.3 is 9.47 Å². The number of hydrogen-bond donors (Lipinski definition) is 0. The predicted molar refractivity (Wildman–Crippen MR) is 43.3 cm³/mol. The Morgan fingerprint density at radius 2 is 2.09 bits per heavy atom. The Kier molecular flexibility index (Phi) is 2.30. The molecule has 1 rings (SSSR count). The second-order valence-corrected chi connectivity index (χ2v) is 2.05. The molecule has 0 atom stereocenters. The van der Waals surface area contributed by atoms with Crippen molar-refractivity contribution in [3.05, 3.63) is 6.20 Å². The second-order valence-electron chi connectivity index (χ2n) is 2.05. The quantitative estimate of drug-likeness (QED) is 0.496. The molecule has 0 spiro atoms. The summed E-state index contributed by atoms with van der Waals surface area (Å²) in [6, 6.07) is 0.326. The molecule has 5 heteroatoms. The maximum atomic E-state index is 4.96. The number of methoxy groups -OCH3 is 2. The van der Waals surface area contributed by atoms with Crippen LogP contribution in [0.5, 0.6) is 11.9 Å². The first-order valence-electron chi connectivity index (χ1n) is 3.19. The van der Waals surface area contributed by atoms with Crippen LogP contribution < -0.4 is 14.9 Å². The van der Waals surface area contributed by atoms with Crippen LogP contribution in [0.4, 0.5) is 0 Å². The van der Waals surface area contributed by atoms with E-state index in [9.17, 15) is 0 Å². The van der Waals surface area contributed by atoms with Crippen molar-refractivity contribution in [2.24, 2.45) is 0 Å². The van der Waals surface area contributed by atoms with Crippen LogP contribution in [0.2, 0.25) is 0 Å². The molecule has 0 saturated carbocycles. The number of aromatic nitrogens is 2. The van der Waals surface area contributed by atoms with Gasteiger partial charge in [-0.1, -0.05) is 0 Å². The number of rotatable bonds is 2. The highest BCUT2D eigenvalue weighted by Gasteiger charge is 2.01. The summed E-state index contributed by atoms with van der Waals surface area (Å²) in [5, 5.41) is 0. The fourth-order valence-electron chi connectivity index (χ4n) is 0.716. The van der Waals surface area contributed by atoms with E-state index < -0.39 is 0 Å². The Hall–Kier alpha value is -1.26. The van der Waals surface area contributed by atoms with Crippen molar-refractivity contribution in [2.75, 3.05) is 14.2 Å². The fourth-order valence-corrected chi connectivity index (χ4v) is 0.716. The van der Waals surface area contributed by atoms with E-state index in [1.54, 1.807) is 13.3 Å². The summed E-state index contributed by atoms with van der Waals surface area (Å²) < 4.78 is 9.77. The molecular weight excluding hydrogens is 143 g/mol. The van der Waals surface area contributed by atoms with E-state index in [0.717, 1.165) is 5.46 Å². The van der Waals surface area contributed by atoms with Crippen LogP contribution in [-0.2, 0) is 0 Å². The summed E-state index contributed by atoms with van der Waals surface area (Å²) in [6.45, 7) is 0. The van der Waals surface area contributed by atoms with Gasteiger partial charge >= 0.3 is 6.01 Å². The maximum Gasteiger partial charge on any atom is 0.319 e. The van der Waals surface area contributed by atoms with Crippen LogP contribution in [-0.4, -0.2) is 32.0 Å². The molecule has 0 saturated heterocycles. The van der Waals surface area contributed by atoms with E-state index in [0.29, 0.717) is 11.9 Å². The van der Waals surface area contributed by atoms with Gasteiger partial charge in [0.25, 0.3) is 0 Å². The summed E-state index contributed by atoms with van der Waals surface area (Å²) in [5.41, 5.74) is 0.897. The predicted octanol–water partition coefficient (Wildman–Crippen LogP) is -1.25. The van der Waals surface area contributed by atoms with E-state index in [4.69, 9.17) is 9.47 Å². The first-order valence-corrected chi connectivity index (χ1v) is 3.19. The zero-order valence-electron chi connectivity index (χ0n) is 6.79. The SMILES string of the molecule is Bc1cnc(OC)nc1OC. The van der Waals surface area contributed by atoms with Crippen molar-refractivity contribution in [1.29, 1.82) is 0 Å². The van der Waals surface area contributed by atoms with Gasteiger partial charge in [0.2, 0.25) is 5.88 Å². The van der Waals surface area contributed by atoms with Crippen molar-refractivity contribution in [1.82, 2.24) is 9.97 Å². The van der Waals surface area contributed by atoms with E-state index in [2.05, 4.69) is 9.97 Å². The molecule has 1 aromatic rings. The van der Waals surface area contributed by atoms with Crippen molar-refractivity contribution in [3.63, 3.8) is 0 Å². The van der Waals surface area contributed by atoms with Gasteiger partial charge in [0.1, 0.15) is 7.85 Å². The minimum Gasteiger partial charge on any atom is -0.481 e. The van der Waals surface area contributed by atoms with Crippen molar-refractivity contribution >= 4 is 13.3 Å². The van der Waals surface area contributed by atoms with Gasteiger partial charge in [-0.3, -0.25) is 0 Å². The number of hydrogen-bond acceptors (Lipinski definition) is 4. The molecule has 0 radical (unpaired) electrons. The fraction of sp³-hybridized carbons (Fsp3) is 0.333. The highest BCUT2D eigenvalue weighted by molar-refractivity contribution is 6.33. The molecular formula is C6H9BN2O2. The third kappa shape index (κ3) is 1.60. The van der Waals surface area contributed by atoms with Gasteiger partial charge in [0.05, 0.1) is 14.2 Å². The minimum atomic E-state index is 0.326. The van der Waals surface area contributed by atoms with Gasteiger partial charge in [0.15, 0.2) is 0 Å². The minimum absolute atomic E-state index is 0.326. The first-order chi connectivity index (χ1) is 5.27. The van der Waals surface area contributed by atoms with Crippen LogP contribution in [0.1, 0.15) is 0 Å². The highest BCUT2D eigenvalue weighted by atomic mass is 16.5. The summed E-state index contributed by atoms with van der Waals surface area (Å²) in [7, 11) is 4.96. The van der Waals surface area contributed by atoms with Crippen LogP contribution >= 0.6 is 0 Å². The number of nitrogens with zero attached hydrogens (tertiary/aromatic N) is 2. The topological polar surface area (TPSA) is 44.2 Å². The molecule has 58 valence electrons. The third-order valence-corrected chi connectivity index (χ3v) is 1.28. The van der Waals surface area contributed by atoms with Crippen LogP contribution in [0, 0.1) is 0 Å². The Morgan fingerprint density at radius 1 is 1.36 bits per heavy atom. The summed E-state index contributed by atoms with van der Waals surface area (Å²) in [6.07, 6.45) is 1.66. The molecule has 0 aromatic carbocycles. The average Bonchev–Trinajstić information content (AvgIpc) is 2.05. The molecule has 0 aliphatic carbocycles. The monoisotopic (exact) mass is 152 g/mol. The molecule has 0 aliphatic rings. The Labute approximate surface area is 66.0 Å². The Bertz CT molecular complexity index is 254. The lowest BCUT2D eigenvalue weighted by Crippen LogP contribution is -2.11. The zero-order valence-corrected chi connectivity index (χ0v) is 6.79. The largest absolute Gasteiger partial charge is 0.481 e. The lowest BCUT2D eigenvalue weighted by molar-refractivity contribution is 0.354. The summed E-state index contributed by atoms with van der Waals surface area (Å²) >= 11 is 0. The van der Waals surface area contributed by atoms with Gasteiger partial charge in [-0.15, -0.1) is 0 Å². The second kappa shape index (κ2) is 3.23. The normalized spacial score (nSPS) is 9.27. The van der Waals surface area contributed by atoms with E-state index in [-0.39, 0.29) is 0 Å². The Morgan fingerprint density at radius 3 is 2.64 bits per heavy atom. The molecule has 4 nitrogen and oxygen atoms in total. The van der Waals surface area contributed by atoms with Crippen molar-refractivity contribution in [2.45, 2.75) is 0 Å². The van der Waals surface area contributed by atoms with E-state index >= 15 is 0 Å². The molecule has 0 fully saturated rings. The van der Waals surface area contributed by atoms with Crippen LogP contribution in [0.3, 0.4) is 0 Å². The molecule has 0 amide bonds. The first kappa shape index (κ1) is 7.85. The molecule has 11 heavy (non-hydrogen) atoms. The molecule has 1 heterocycles. The van der Waals surface area contributed by atoms with E-state index in [1.807, 2.05) is 7.85 Å². The van der Waals surface area contributed by atoms with Crippen LogP contribution in [0.25, 0.3) is 0 Å². The zero-order chi connectivity index (χ0) is 8.27. The van der Waals surface area contributed by atoms with Gasteiger partial charge in [-0.05, 0) is 5.46 Å². The van der Waals surface area contributed by atoms with Crippen LogP contribution in [0.15, 0.2) is 6.20 Å². The smallest absolute Gasteiger partial charge is 0.319 e. The average molecular weight is 152 g/mol. The van der Waals surface area contributed by atoms with Gasteiger partial charge in [0, 0.05) is 6.20 Å². The Balaban J connectivity index is 3.02.